The fourth-order valence-corrected chi connectivity index (χ4v) is 4.39. The molecule has 1 N–H and O–H groups in total. The SMILES string of the molecule is CN(Cc1ccccc1NC(=O)CCC(=O)c1cccs1)C1CCCCC1. The molecule has 0 bridgehead atoms. The number of amides is 1. The van der Waals surface area contributed by atoms with Crippen molar-refractivity contribution in [1.29, 1.82) is 0 Å². The van der Waals surface area contributed by atoms with Crippen LogP contribution in [0.3, 0.4) is 0 Å². The Morgan fingerprint density at radius 2 is 1.85 bits per heavy atom. The van der Waals surface area contributed by atoms with E-state index in [9.17, 15) is 9.59 Å². The molecule has 0 saturated heterocycles. The normalized spacial score (nSPS) is 15.0. The second-order valence-electron chi connectivity index (χ2n) is 7.31. The molecule has 4 nitrogen and oxygen atoms in total. The highest BCUT2D eigenvalue weighted by Crippen LogP contribution is 2.25. The largest absolute Gasteiger partial charge is 0.326 e. The molecule has 0 atom stereocenters. The van der Waals surface area contributed by atoms with Gasteiger partial charge in [-0.15, -0.1) is 11.3 Å². The number of hydrogen-bond donors (Lipinski definition) is 1. The van der Waals surface area contributed by atoms with E-state index < -0.39 is 0 Å². The van der Waals surface area contributed by atoms with Gasteiger partial charge in [0.2, 0.25) is 5.91 Å². The fourth-order valence-electron chi connectivity index (χ4n) is 3.70. The minimum absolute atomic E-state index is 0.0328. The Hall–Kier alpha value is -1.98. The van der Waals surface area contributed by atoms with E-state index in [1.165, 1.54) is 43.4 Å². The molecule has 1 amide bonds. The predicted octanol–water partition coefficient (Wildman–Crippen LogP) is 5.11. The second-order valence-corrected chi connectivity index (χ2v) is 8.26. The monoisotopic (exact) mass is 384 g/mol. The number of nitrogens with zero attached hydrogens (tertiary/aromatic N) is 1. The van der Waals surface area contributed by atoms with E-state index >= 15 is 0 Å². The van der Waals surface area contributed by atoms with Gasteiger partial charge < -0.3 is 5.32 Å². The molecule has 1 aliphatic carbocycles. The first-order chi connectivity index (χ1) is 13.1. The number of benzene rings is 1. The average molecular weight is 385 g/mol. The molecule has 1 aromatic carbocycles. The number of hydrogen-bond acceptors (Lipinski definition) is 4. The zero-order valence-corrected chi connectivity index (χ0v) is 16.8. The molecule has 3 rings (SSSR count). The van der Waals surface area contributed by atoms with Crippen molar-refractivity contribution in [1.82, 2.24) is 4.90 Å². The highest BCUT2D eigenvalue weighted by atomic mass is 32.1. The molecule has 0 unspecified atom stereocenters. The van der Waals surface area contributed by atoms with Crippen LogP contribution in [0.15, 0.2) is 41.8 Å². The minimum atomic E-state index is -0.104. The molecule has 1 fully saturated rings. The van der Waals surface area contributed by atoms with Gasteiger partial charge in [-0.2, -0.15) is 0 Å². The molecule has 1 aromatic heterocycles. The second kappa shape index (κ2) is 9.81. The number of carbonyl (C=O) groups excluding carboxylic acids is 2. The number of Topliss-reactive ketones (excluding diaryl/α,β-unsaturated/α-hetero) is 1. The molecule has 0 spiro atoms. The van der Waals surface area contributed by atoms with E-state index in [0.29, 0.717) is 6.04 Å². The topological polar surface area (TPSA) is 49.4 Å². The van der Waals surface area contributed by atoms with Crippen LogP contribution in [-0.2, 0) is 11.3 Å². The molecule has 27 heavy (non-hydrogen) atoms. The van der Waals surface area contributed by atoms with Crippen LogP contribution in [0.2, 0.25) is 0 Å². The summed E-state index contributed by atoms with van der Waals surface area (Å²) in [5.41, 5.74) is 1.98. The Labute approximate surface area is 165 Å². The zero-order valence-electron chi connectivity index (χ0n) is 15.9. The maximum atomic E-state index is 12.4. The van der Waals surface area contributed by atoms with E-state index in [4.69, 9.17) is 0 Å². The quantitative estimate of drug-likeness (QED) is 0.643. The smallest absolute Gasteiger partial charge is 0.224 e. The van der Waals surface area contributed by atoms with E-state index in [2.05, 4.69) is 23.3 Å². The number of carbonyl (C=O) groups is 2. The van der Waals surface area contributed by atoms with Crippen LogP contribution >= 0.6 is 11.3 Å². The Balaban J connectivity index is 1.55. The van der Waals surface area contributed by atoms with Gasteiger partial charge in [0.05, 0.1) is 4.88 Å². The van der Waals surface area contributed by atoms with Gasteiger partial charge >= 0.3 is 0 Å². The van der Waals surface area contributed by atoms with Gasteiger partial charge in [0.25, 0.3) is 0 Å². The first-order valence-electron chi connectivity index (χ1n) is 9.78. The van der Waals surface area contributed by atoms with Gasteiger partial charge in [-0.05, 0) is 43.0 Å². The van der Waals surface area contributed by atoms with E-state index in [1.807, 2.05) is 29.6 Å². The van der Waals surface area contributed by atoms with E-state index in [0.717, 1.165) is 22.7 Å². The fraction of sp³-hybridized carbons (Fsp3) is 0.455. The van der Waals surface area contributed by atoms with Crippen molar-refractivity contribution in [3.8, 4) is 0 Å². The van der Waals surface area contributed by atoms with Crippen LogP contribution in [0.25, 0.3) is 0 Å². The van der Waals surface area contributed by atoms with Gasteiger partial charge in [0.15, 0.2) is 5.78 Å². The zero-order chi connectivity index (χ0) is 19.1. The van der Waals surface area contributed by atoms with Crippen molar-refractivity contribution in [3.63, 3.8) is 0 Å². The standard InChI is InChI=1S/C22H28N2O2S/c1-24(18-9-3-2-4-10-18)16-17-8-5-6-11-19(17)23-22(26)14-13-20(25)21-12-7-15-27-21/h5-8,11-12,15,18H,2-4,9-10,13-14,16H2,1H3,(H,23,26). The summed E-state index contributed by atoms with van der Waals surface area (Å²) in [6, 6.07) is 12.3. The predicted molar refractivity (Wildman–Crippen MR) is 111 cm³/mol. The van der Waals surface area contributed by atoms with Gasteiger partial charge in [-0.3, -0.25) is 14.5 Å². The first-order valence-corrected chi connectivity index (χ1v) is 10.7. The number of ketones is 1. The van der Waals surface area contributed by atoms with Gasteiger partial charge in [-0.1, -0.05) is 43.5 Å². The summed E-state index contributed by atoms with van der Waals surface area (Å²) in [6.45, 7) is 0.829. The maximum Gasteiger partial charge on any atom is 0.224 e. The summed E-state index contributed by atoms with van der Waals surface area (Å²) < 4.78 is 0. The summed E-state index contributed by atoms with van der Waals surface area (Å²) in [6.07, 6.45) is 6.95. The Morgan fingerprint density at radius 1 is 1.07 bits per heavy atom. The van der Waals surface area contributed by atoms with Gasteiger partial charge in [0, 0.05) is 31.1 Å². The lowest BCUT2D eigenvalue weighted by molar-refractivity contribution is -0.116. The summed E-state index contributed by atoms with van der Waals surface area (Å²) >= 11 is 1.42. The van der Waals surface area contributed by atoms with Crippen LogP contribution in [0.5, 0.6) is 0 Å². The number of para-hydroxylation sites is 1. The molecular weight excluding hydrogens is 356 g/mol. The molecule has 144 valence electrons. The Kier molecular flexibility index (Phi) is 7.18. The van der Waals surface area contributed by atoms with E-state index in [-0.39, 0.29) is 24.5 Å². The third-order valence-corrected chi connectivity index (χ3v) is 6.20. The lowest BCUT2D eigenvalue weighted by Gasteiger charge is -2.31. The maximum absolute atomic E-state index is 12.4. The Morgan fingerprint density at radius 3 is 2.59 bits per heavy atom. The Bertz CT molecular complexity index is 751. The number of anilines is 1. The van der Waals surface area contributed by atoms with Crippen LogP contribution in [-0.4, -0.2) is 29.7 Å². The summed E-state index contributed by atoms with van der Waals surface area (Å²) in [4.78, 5) is 27.6. The molecule has 2 aromatic rings. The molecule has 5 heteroatoms. The molecular formula is C22H28N2O2S. The van der Waals surface area contributed by atoms with Crippen LogP contribution < -0.4 is 5.32 Å². The van der Waals surface area contributed by atoms with Crippen LogP contribution in [0.4, 0.5) is 5.69 Å². The number of nitrogens with one attached hydrogen (secondary N) is 1. The highest BCUT2D eigenvalue weighted by molar-refractivity contribution is 7.12. The minimum Gasteiger partial charge on any atom is -0.326 e. The molecule has 1 heterocycles. The van der Waals surface area contributed by atoms with Crippen molar-refractivity contribution in [2.24, 2.45) is 0 Å². The van der Waals surface area contributed by atoms with Crippen molar-refractivity contribution in [3.05, 3.63) is 52.2 Å². The van der Waals surface area contributed by atoms with Crippen molar-refractivity contribution in [2.45, 2.75) is 57.5 Å². The van der Waals surface area contributed by atoms with Gasteiger partial charge in [-0.25, -0.2) is 0 Å². The van der Waals surface area contributed by atoms with Crippen molar-refractivity contribution < 1.29 is 9.59 Å². The van der Waals surface area contributed by atoms with Crippen molar-refractivity contribution in [2.75, 3.05) is 12.4 Å². The summed E-state index contributed by atoms with van der Waals surface area (Å²) in [7, 11) is 2.17. The lowest BCUT2D eigenvalue weighted by Crippen LogP contribution is -2.33. The summed E-state index contributed by atoms with van der Waals surface area (Å²) in [5, 5.41) is 4.89. The third kappa shape index (κ3) is 5.75. The molecule has 0 aliphatic heterocycles. The first kappa shape index (κ1) is 19.8. The van der Waals surface area contributed by atoms with Gasteiger partial charge in [0.1, 0.15) is 0 Å². The lowest BCUT2D eigenvalue weighted by atomic mass is 9.94. The molecule has 0 radical (unpaired) electrons. The number of thiophene rings is 1. The van der Waals surface area contributed by atoms with Crippen LogP contribution in [0.1, 0.15) is 60.2 Å². The highest BCUT2D eigenvalue weighted by Gasteiger charge is 2.19. The molecule has 1 saturated carbocycles. The number of rotatable bonds is 8. The van der Waals surface area contributed by atoms with E-state index in [1.54, 1.807) is 6.07 Å². The third-order valence-electron chi connectivity index (χ3n) is 5.28. The summed E-state index contributed by atoms with van der Waals surface area (Å²) in [5.74, 6) is -0.0712. The van der Waals surface area contributed by atoms with Crippen LogP contribution in [0, 0.1) is 0 Å². The molecule has 1 aliphatic rings. The average Bonchev–Trinajstić information content (AvgIpc) is 3.23. The van der Waals surface area contributed by atoms with Crippen molar-refractivity contribution >= 4 is 28.7 Å².